The van der Waals surface area contributed by atoms with Crippen LogP contribution in [0.25, 0.3) is 0 Å². The quantitative estimate of drug-likeness (QED) is 0.496. The Kier molecular flexibility index (Phi) is 3.47. The van der Waals surface area contributed by atoms with Gasteiger partial charge < -0.3 is 9.94 Å². The fourth-order valence-electron chi connectivity index (χ4n) is 1.59. The summed E-state index contributed by atoms with van der Waals surface area (Å²) in [6.07, 6.45) is 4.46. The number of methoxy groups -OCH3 is 1. The van der Waals surface area contributed by atoms with Crippen molar-refractivity contribution in [3.63, 3.8) is 0 Å². The van der Waals surface area contributed by atoms with Crippen molar-refractivity contribution in [2.24, 2.45) is 10.1 Å². The van der Waals surface area contributed by atoms with Crippen molar-refractivity contribution in [2.75, 3.05) is 7.11 Å². The number of rotatable bonds is 3. The lowest BCUT2D eigenvalue weighted by atomic mass is 10.1. The first-order valence-electron chi connectivity index (χ1n) is 5.24. The van der Waals surface area contributed by atoms with E-state index < -0.39 is 0 Å². The van der Waals surface area contributed by atoms with Crippen molar-refractivity contribution >= 4 is 17.7 Å². The first-order valence-corrected chi connectivity index (χ1v) is 5.24. The Labute approximate surface area is 103 Å². The average molecular weight is 245 g/mol. The summed E-state index contributed by atoms with van der Waals surface area (Å²) in [7, 11) is 1.50. The van der Waals surface area contributed by atoms with E-state index >= 15 is 0 Å². The van der Waals surface area contributed by atoms with E-state index in [1.165, 1.54) is 13.2 Å². The van der Waals surface area contributed by atoms with Crippen LogP contribution in [0, 0.1) is 0 Å². The minimum atomic E-state index is 0.235. The van der Waals surface area contributed by atoms with Crippen LogP contribution in [0.5, 0.6) is 5.75 Å². The third-order valence-electron chi connectivity index (χ3n) is 2.43. The maximum atomic E-state index is 10.8. The SMILES string of the molecule is COc1cc(C=O)nc(C2=NC=CCC2=NO)c1. The van der Waals surface area contributed by atoms with Crippen LogP contribution < -0.4 is 4.74 Å². The molecule has 1 aliphatic heterocycles. The Bertz CT molecular complexity index is 562. The number of aromatic nitrogens is 1. The van der Waals surface area contributed by atoms with E-state index in [2.05, 4.69) is 15.1 Å². The molecule has 92 valence electrons. The van der Waals surface area contributed by atoms with E-state index in [0.29, 0.717) is 35.6 Å². The molecule has 6 nitrogen and oxygen atoms in total. The van der Waals surface area contributed by atoms with E-state index in [4.69, 9.17) is 9.94 Å². The fraction of sp³-hybridized carbons (Fsp3) is 0.167. The maximum Gasteiger partial charge on any atom is 0.168 e. The van der Waals surface area contributed by atoms with Gasteiger partial charge in [0.25, 0.3) is 0 Å². The largest absolute Gasteiger partial charge is 0.497 e. The highest BCUT2D eigenvalue weighted by Crippen LogP contribution is 2.16. The molecule has 0 unspecified atom stereocenters. The number of nitrogens with zero attached hydrogens (tertiary/aromatic N) is 3. The smallest absolute Gasteiger partial charge is 0.168 e. The number of ether oxygens (including phenoxy) is 1. The molecular formula is C12H11N3O3. The molecule has 1 aromatic heterocycles. The van der Waals surface area contributed by atoms with Crippen molar-refractivity contribution in [1.29, 1.82) is 0 Å². The molecule has 0 bridgehead atoms. The lowest BCUT2D eigenvalue weighted by Crippen LogP contribution is -2.19. The molecule has 0 atom stereocenters. The Morgan fingerprint density at radius 1 is 1.50 bits per heavy atom. The van der Waals surface area contributed by atoms with Crippen LogP contribution in [-0.4, -0.2) is 35.0 Å². The molecule has 1 N–H and O–H groups in total. The van der Waals surface area contributed by atoms with Crippen LogP contribution in [-0.2, 0) is 0 Å². The monoisotopic (exact) mass is 245 g/mol. The third-order valence-corrected chi connectivity index (χ3v) is 2.43. The van der Waals surface area contributed by atoms with Gasteiger partial charge in [0.2, 0.25) is 0 Å². The van der Waals surface area contributed by atoms with E-state index in [1.807, 2.05) is 0 Å². The molecule has 0 aliphatic carbocycles. The van der Waals surface area contributed by atoms with Crippen LogP contribution in [0.1, 0.15) is 22.6 Å². The summed E-state index contributed by atoms with van der Waals surface area (Å²) < 4.78 is 5.08. The van der Waals surface area contributed by atoms with Gasteiger partial charge in [-0.05, 0) is 0 Å². The van der Waals surface area contributed by atoms with Crippen molar-refractivity contribution in [3.05, 3.63) is 35.8 Å². The number of aldehydes is 1. The molecule has 6 heteroatoms. The van der Waals surface area contributed by atoms with E-state index in [1.54, 1.807) is 18.3 Å². The second-order valence-electron chi connectivity index (χ2n) is 3.55. The van der Waals surface area contributed by atoms with Gasteiger partial charge in [-0.2, -0.15) is 0 Å². The molecule has 18 heavy (non-hydrogen) atoms. The summed E-state index contributed by atoms with van der Waals surface area (Å²) in [5, 5.41) is 12.1. The van der Waals surface area contributed by atoms with Gasteiger partial charge in [-0.1, -0.05) is 11.2 Å². The van der Waals surface area contributed by atoms with Crippen LogP contribution >= 0.6 is 0 Å². The van der Waals surface area contributed by atoms with Gasteiger partial charge in [-0.3, -0.25) is 9.79 Å². The third kappa shape index (κ3) is 2.27. The number of pyridine rings is 1. The zero-order valence-electron chi connectivity index (χ0n) is 9.70. The number of carbonyl (C=O) groups excluding carboxylic acids is 1. The molecule has 2 heterocycles. The van der Waals surface area contributed by atoms with Crippen LogP contribution in [0.4, 0.5) is 0 Å². The minimum Gasteiger partial charge on any atom is -0.497 e. The Morgan fingerprint density at radius 3 is 3.00 bits per heavy atom. The zero-order chi connectivity index (χ0) is 13.0. The van der Waals surface area contributed by atoms with Gasteiger partial charge in [0.05, 0.1) is 12.8 Å². The number of hydrogen-bond donors (Lipinski definition) is 1. The number of carbonyl (C=O) groups is 1. The summed E-state index contributed by atoms with van der Waals surface area (Å²) >= 11 is 0. The summed E-state index contributed by atoms with van der Waals surface area (Å²) in [6, 6.07) is 3.15. The molecule has 1 aromatic rings. The molecule has 0 fully saturated rings. The maximum absolute atomic E-state index is 10.8. The minimum absolute atomic E-state index is 0.235. The van der Waals surface area contributed by atoms with Gasteiger partial charge in [-0.25, -0.2) is 4.98 Å². The lowest BCUT2D eigenvalue weighted by Gasteiger charge is -2.10. The second-order valence-corrected chi connectivity index (χ2v) is 3.55. The van der Waals surface area contributed by atoms with Gasteiger partial charge >= 0.3 is 0 Å². The highest BCUT2D eigenvalue weighted by Gasteiger charge is 2.16. The molecular weight excluding hydrogens is 234 g/mol. The first kappa shape index (κ1) is 12.0. The van der Waals surface area contributed by atoms with Crippen molar-refractivity contribution < 1.29 is 14.7 Å². The van der Waals surface area contributed by atoms with Crippen LogP contribution in [0.15, 0.2) is 34.6 Å². The molecule has 0 radical (unpaired) electrons. The molecule has 0 spiro atoms. The topological polar surface area (TPSA) is 84.1 Å². The van der Waals surface area contributed by atoms with Crippen LogP contribution in [0.3, 0.4) is 0 Å². The summed E-state index contributed by atoms with van der Waals surface area (Å²) in [6.45, 7) is 0. The molecule has 1 aliphatic rings. The van der Waals surface area contributed by atoms with Crippen molar-refractivity contribution in [1.82, 2.24) is 4.98 Å². The van der Waals surface area contributed by atoms with Gasteiger partial charge in [0.1, 0.15) is 22.9 Å². The van der Waals surface area contributed by atoms with Crippen molar-refractivity contribution in [2.45, 2.75) is 6.42 Å². The highest BCUT2D eigenvalue weighted by molar-refractivity contribution is 6.48. The molecule has 0 saturated heterocycles. The molecule has 2 rings (SSSR count). The van der Waals surface area contributed by atoms with Crippen LogP contribution in [0.2, 0.25) is 0 Å². The predicted octanol–water partition coefficient (Wildman–Crippen LogP) is 1.44. The van der Waals surface area contributed by atoms with Crippen molar-refractivity contribution in [3.8, 4) is 5.75 Å². The highest BCUT2D eigenvalue weighted by atomic mass is 16.5. The predicted molar refractivity (Wildman–Crippen MR) is 65.7 cm³/mol. The first-order chi connectivity index (χ1) is 8.78. The van der Waals surface area contributed by atoms with E-state index in [9.17, 15) is 4.79 Å². The average Bonchev–Trinajstić information content (AvgIpc) is 2.46. The summed E-state index contributed by atoms with van der Waals surface area (Å²) in [5.41, 5.74) is 1.50. The molecule has 0 saturated carbocycles. The second kappa shape index (κ2) is 5.22. The van der Waals surface area contributed by atoms with Gasteiger partial charge in [-0.15, -0.1) is 0 Å². The van der Waals surface area contributed by atoms with Gasteiger partial charge in [0.15, 0.2) is 6.29 Å². The Hall–Kier alpha value is -2.50. The zero-order valence-corrected chi connectivity index (χ0v) is 9.70. The van der Waals surface area contributed by atoms with Gasteiger partial charge in [0, 0.05) is 24.8 Å². The number of aliphatic imine (C=N–C) groups is 1. The summed E-state index contributed by atoms with van der Waals surface area (Å²) in [5.74, 6) is 0.497. The Balaban J connectivity index is 2.52. The summed E-state index contributed by atoms with van der Waals surface area (Å²) in [4.78, 5) is 19.0. The van der Waals surface area contributed by atoms with E-state index in [0.717, 1.165) is 0 Å². The molecule has 0 amide bonds. The standard InChI is InChI=1S/C12H11N3O3/c1-18-9-5-8(7-16)14-11(6-9)12-10(15-17)3-2-4-13-12/h2,4-7,17H,3H2,1H3. The normalized spacial score (nSPS) is 16.5. The molecule has 0 aromatic carbocycles. The van der Waals surface area contributed by atoms with E-state index in [-0.39, 0.29) is 5.69 Å². The number of allylic oxidation sites excluding steroid dienone is 1. The lowest BCUT2D eigenvalue weighted by molar-refractivity contribution is 0.111. The number of hydrogen-bond acceptors (Lipinski definition) is 6. The number of oxime groups is 1. The fourth-order valence-corrected chi connectivity index (χ4v) is 1.59. The Morgan fingerprint density at radius 2 is 2.33 bits per heavy atom.